The summed E-state index contributed by atoms with van der Waals surface area (Å²) in [6.45, 7) is 2.63. The molecule has 0 radical (unpaired) electrons. The Hall–Kier alpha value is -1.39. The van der Waals surface area contributed by atoms with Crippen molar-refractivity contribution >= 4 is 5.91 Å². The third-order valence-corrected chi connectivity index (χ3v) is 3.89. The van der Waals surface area contributed by atoms with Gasteiger partial charge in [0.1, 0.15) is 0 Å². The zero-order valence-corrected chi connectivity index (χ0v) is 12.3. The van der Waals surface area contributed by atoms with Crippen LogP contribution in [-0.2, 0) is 9.53 Å². The Morgan fingerprint density at radius 1 is 1.45 bits per heavy atom. The van der Waals surface area contributed by atoms with E-state index >= 15 is 0 Å². The molecule has 1 saturated heterocycles. The van der Waals surface area contributed by atoms with Crippen LogP contribution in [0.2, 0.25) is 0 Å². The van der Waals surface area contributed by atoms with Gasteiger partial charge in [0.05, 0.1) is 0 Å². The van der Waals surface area contributed by atoms with Gasteiger partial charge in [-0.2, -0.15) is 0 Å². The second-order valence-corrected chi connectivity index (χ2v) is 5.38. The Balaban J connectivity index is 2.05. The van der Waals surface area contributed by atoms with Gasteiger partial charge in [0.15, 0.2) is 6.10 Å². The summed E-state index contributed by atoms with van der Waals surface area (Å²) in [6.07, 6.45) is 1.78. The maximum atomic E-state index is 12.7. The van der Waals surface area contributed by atoms with Crippen LogP contribution in [0, 0.1) is 5.92 Å². The second-order valence-electron chi connectivity index (χ2n) is 5.38. The highest BCUT2D eigenvalue weighted by Gasteiger charge is 2.29. The summed E-state index contributed by atoms with van der Waals surface area (Å²) in [4.78, 5) is 14.6. The maximum Gasteiger partial charge on any atom is 0.256 e. The molecule has 4 heteroatoms. The van der Waals surface area contributed by atoms with E-state index in [1.807, 2.05) is 42.3 Å². The molecule has 4 nitrogen and oxygen atoms in total. The Morgan fingerprint density at radius 3 is 2.85 bits per heavy atom. The van der Waals surface area contributed by atoms with E-state index in [0.29, 0.717) is 5.92 Å². The lowest BCUT2D eigenvalue weighted by atomic mass is 9.97. The minimum Gasteiger partial charge on any atom is -0.367 e. The summed E-state index contributed by atoms with van der Waals surface area (Å²) in [6, 6.07) is 9.72. The predicted molar refractivity (Wildman–Crippen MR) is 79.4 cm³/mol. The molecule has 0 aromatic heterocycles. The SMILES string of the molecule is CNCC1CCCN(C(=O)C(OC)c2ccccc2)C1. The fraction of sp³-hybridized carbons (Fsp3) is 0.562. The van der Waals surface area contributed by atoms with E-state index < -0.39 is 6.10 Å². The summed E-state index contributed by atoms with van der Waals surface area (Å²) in [7, 11) is 3.56. The highest BCUT2D eigenvalue weighted by Crippen LogP contribution is 2.23. The number of nitrogens with one attached hydrogen (secondary N) is 1. The van der Waals surface area contributed by atoms with Crippen LogP contribution in [0.3, 0.4) is 0 Å². The van der Waals surface area contributed by atoms with Crippen LogP contribution >= 0.6 is 0 Å². The third kappa shape index (κ3) is 3.58. The quantitative estimate of drug-likeness (QED) is 0.892. The average Bonchev–Trinajstić information content (AvgIpc) is 2.50. The van der Waals surface area contributed by atoms with Crippen molar-refractivity contribution in [3.63, 3.8) is 0 Å². The van der Waals surface area contributed by atoms with Crippen LogP contribution in [0.5, 0.6) is 0 Å². The Kier molecular flexibility index (Phi) is 5.56. The number of ether oxygens (including phenoxy) is 1. The first kappa shape index (κ1) is 15.0. The van der Waals surface area contributed by atoms with Crippen molar-refractivity contribution in [2.75, 3.05) is 33.8 Å². The number of hydrogen-bond donors (Lipinski definition) is 1. The van der Waals surface area contributed by atoms with Gasteiger partial charge in [-0.3, -0.25) is 4.79 Å². The molecular weight excluding hydrogens is 252 g/mol. The van der Waals surface area contributed by atoms with E-state index in [9.17, 15) is 4.79 Å². The minimum atomic E-state index is -0.482. The molecule has 0 bridgehead atoms. The number of carbonyl (C=O) groups is 1. The number of methoxy groups -OCH3 is 1. The molecule has 2 unspecified atom stereocenters. The first-order chi connectivity index (χ1) is 9.76. The minimum absolute atomic E-state index is 0.0829. The van der Waals surface area contributed by atoms with Crippen LogP contribution in [0.1, 0.15) is 24.5 Å². The molecule has 110 valence electrons. The lowest BCUT2D eigenvalue weighted by molar-refractivity contribution is -0.144. The zero-order valence-electron chi connectivity index (χ0n) is 12.3. The first-order valence-electron chi connectivity index (χ1n) is 7.27. The third-order valence-electron chi connectivity index (χ3n) is 3.89. The molecule has 1 amide bonds. The number of rotatable bonds is 5. The van der Waals surface area contributed by atoms with E-state index in [4.69, 9.17) is 4.74 Å². The summed E-state index contributed by atoms with van der Waals surface area (Å²) in [5.74, 6) is 0.630. The van der Waals surface area contributed by atoms with E-state index in [2.05, 4.69) is 5.32 Å². The number of hydrogen-bond acceptors (Lipinski definition) is 3. The van der Waals surface area contributed by atoms with Gasteiger partial charge in [-0.25, -0.2) is 0 Å². The van der Waals surface area contributed by atoms with Crippen molar-refractivity contribution in [3.8, 4) is 0 Å². The van der Waals surface area contributed by atoms with E-state index in [1.165, 1.54) is 6.42 Å². The monoisotopic (exact) mass is 276 g/mol. The van der Waals surface area contributed by atoms with Gasteiger partial charge in [0, 0.05) is 20.2 Å². The van der Waals surface area contributed by atoms with Gasteiger partial charge in [-0.15, -0.1) is 0 Å². The molecule has 2 atom stereocenters. The molecule has 0 saturated carbocycles. The molecule has 0 aliphatic carbocycles. The topological polar surface area (TPSA) is 41.6 Å². The van der Waals surface area contributed by atoms with Crippen LogP contribution in [0.25, 0.3) is 0 Å². The molecule has 1 heterocycles. The highest BCUT2D eigenvalue weighted by molar-refractivity contribution is 5.82. The largest absolute Gasteiger partial charge is 0.367 e. The smallest absolute Gasteiger partial charge is 0.256 e. The van der Waals surface area contributed by atoms with Gasteiger partial charge < -0.3 is 15.0 Å². The molecule has 1 N–H and O–H groups in total. The molecule has 20 heavy (non-hydrogen) atoms. The van der Waals surface area contributed by atoms with Crippen molar-refractivity contribution in [1.82, 2.24) is 10.2 Å². The van der Waals surface area contributed by atoms with E-state index in [-0.39, 0.29) is 5.91 Å². The van der Waals surface area contributed by atoms with Crippen molar-refractivity contribution < 1.29 is 9.53 Å². The molecule has 1 aliphatic rings. The molecule has 1 fully saturated rings. The van der Waals surface area contributed by atoms with Crippen molar-refractivity contribution in [1.29, 1.82) is 0 Å². The molecule has 1 aromatic rings. The summed E-state index contributed by atoms with van der Waals surface area (Å²) < 4.78 is 5.44. The van der Waals surface area contributed by atoms with Crippen LogP contribution in [0.15, 0.2) is 30.3 Å². The van der Waals surface area contributed by atoms with Crippen molar-refractivity contribution in [3.05, 3.63) is 35.9 Å². The zero-order chi connectivity index (χ0) is 14.4. The Labute approximate surface area is 121 Å². The number of carbonyl (C=O) groups excluding carboxylic acids is 1. The highest BCUT2D eigenvalue weighted by atomic mass is 16.5. The number of amides is 1. The molecular formula is C16H24N2O2. The fourth-order valence-electron chi connectivity index (χ4n) is 2.89. The average molecular weight is 276 g/mol. The second kappa shape index (κ2) is 7.41. The Bertz CT molecular complexity index is 420. The lowest BCUT2D eigenvalue weighted by Gasteiger charge is -2.34. The van der Waals surface area contributed by atoms with Gasteiger partial charge in [-0.05, 0) is 37.9 Å². The maximum absolute atomic E-state index is 12.7. The molecule has 0 spiro atoms. The summed E-state index contributed by atoms with van der Waals surface area (Å²) in [5, 5.41) is 3.20. The van der Waals surface area contributed by atoms with Gasteiger partial charge >= 0.3 is 0 Å². The predicted octanol–water partition coefficient (Wildman–Crippen LogP) is 1.83. The first-order valence-corrected chi connectivity index (χ1v) is 7.27. The summed E-state index contributed by atoms with van der Waals surface area (Å²) in [5.41, 5.74) is 0.927. The van der Waals surface area contributed by atoms with Crippen molar-refractivity contribution in [2.45, 2.75) is 18.9 Å². The van der Waals surface area contributed by atoms with Crippen LogP contribution < -0.4 is 5.32 Å². The van der Waals surface area contributed by atoms with Crippen molar-refractivity contribution in [2.24, 2.45) is 5.92 Å². The summed E-state index contributed by atoms with van der Waals surface area (Å²) >= 11 is 0. The van der Waals surface area contributed by atoms with E-state index in [1.54, 1.807) is 7.11 Å². The van der Waals surface area contributed by atoms with Gasteiger partial charge in [-0.1, -0.05) is 30.3 Å². The standard InChI is InChI=1S/C16H24N2O2/c1-17-11-13-7-6-10-18(12-13)16(19)15(20-2)14-8-4-3-5-9-14/h3-5,8-9,13,15,17H,6-7,10-12H2,1-2H3. The molecule has 1 aromatic carbocycles. The fourth-order valence-corrected chi connectivity index (χ4v) is 2.89. The normalized spacial score (nSPS) is 20.7. The Morgan fingerprint density at radius 2 is 2.20 bits per heavy atom. The van der Waals surface area contributed by atoms with E-state index in [0.717, 1.165) is 31.6 Å². The molecule has 2 rings (SSSR count). The number of piperidine rings is 1. The van der Waals surface area contributed by atoms with Crippen LogP contribution in [0.4, 0.5) is 0 Å². The number of nitrogens with zero attached hydrogens (tertiary/aromatic N) is 1. The number of benzene rings is 1. The van der Waals surface area contributed by atoms with Gasteiger partial charge in [0.25, 0.3) is 5.91 Å². The van der Waals surface area contributed by atoms with Crippen LogP contribution in [-0.4, -0.2) is 44.6 Å². The molecule has 1 aliphatic heterocycles. The van der Waals surface area contributed by atoms with Gasteiger partial charge in [0.2, 0.25) is 0 Å². The lowest BCUT2D eigenvalue weighted by Crippen LogP contribution is -2.44. The number of likely N-dealkylation sites (tertiary alicyclic amines) is 1.